The maximum Gasteiger partial charge on any atom is 0.247 e. The second kappa shape index (κ2) is 5.63. The summed E-state index contributed by atoms with van der Waals surface area (Å²) in [5.74, 6) is 0. The van der Waals surface area contributed by atoms with Crippen LogP contribution < -0.4 is 10.9 Å². The van der Waals surface area contributed by atoms with Gasteiger partial charge in [-0.2, -0.15) is 0 Å². The molecule has 0 bridgehead atoms. The highest BCUT2D eigenvalue weighted by Crippen LogP contribution is 2.23. The molecule has 0 unspecified atom stereocenters. The Hall–Kier alpha value is -1.53. The number of hydrogen-bond donors (Lipinski definition) is 2. The molecule has 0 amide bonds. The summed E-state index contributed by atoms with van der Waals surface area (Å²) in [7, 11) is 0. The average Bonchev–Trinajstić information content (AvgIpc) is 3.13. The smallest absolute Gasteiger partial charge is 0.247 e. The molecule has 0 spiro atoms. The van der Waals surface area contributed by atoms with E-state index < -0.39 is 0 Å². The van der Waals surface area contributed by atoms with E-state index in [1.165, 1.54) is 18.9 Å². The van der Waals surface area contributed by atoms with Gasteiger partial charge in [-0.25, -0.2) is 0 Å². The van der Waals surface area contributed by atoms with Gasteiger partial charge in [0.15, 0.2) is 0 Å². The van der Waals surface area contributed by atoms with Crippen molar-refractivity contribution >= 4 is 11.3 Å². The van der Waals surface area contributed by atoms with Gasteiger partial charge in [0.25, 0.3) is 0 Å². The average molecular weight is 276 g/mol. The van der Waals surface area contributed by atoms with Crippen LogP contribution in [0.3, 0.4) is 0 Å². The highest BCUT2D eigenvalue weighted by molar-refractivity contribution is 7.14. The van der Waals surface area contributed by atoms with Gasteiger partial charge in [-0.15, -0.1) is 10.2 Å². The van der Waals surface area contributed by atoms with Crippen molar-refractivity contribution in [2.75, 3.05) is 6.54 Å². The fraction of sp³-hybridized carbons (Fsp3) is 0.462. The summed E-state index contributed by atoms with van der Waals surface area (Å²) in [6, 6.07) is 4.06. The molecule has 1 saturated carbocycles. The van der Waals surface area contributed by atoms with Gasteiger partial charge >= 0.3 is 0 Å². The van der Waals surface area contributed by atoms with Gasteiger partial charge in [0.05, 0.1) is 0 Å². The number of hydrogen-bond acceptors (Lipinski definition) is 5. The minimum atomic E-state index is -0.0976. The summed E-state index contributed by atoms with van der Waals surface area (Å²) in [5, 5.41) is 13.8. The number of nitrogens with zero attached hydrogens (tertiary/aromatic N) is 2. The molecule has 0 aromatic carbocycles. The zero-order valence-electron chi connectivity index (χ0n) is 10.6. The highest BCUT2D eigenvalue weighted by Gasteiger charge is 2.19. The predicted molar refractivity (Wildman–Crippen MR) is 75.3 cm³/mol. The molecule has 5 nitrogen and oxygen atoms in total. The van der Waals surface area contributed by atoms with Crippen LogP contribution in [0.4, 0.5) is 0 Å². The quantitative estimate of drug-likeness (QED) is 0.786. The highest BCUT2D eigenvalue weighted by atomic mass is 32.1. The van der Waals surface area contributed by atoms with Gasteiger partial charge in [0.1, 0.15) is 10.0 Å². The van der Waals surface area contributed by atoms with Crippen LogP contribution in [-0.4, -0.2) is 27.8 Å². The van der Waals surface area contributed by atoms with E-state index in [2.05, 4.69) is 20.5 Å². The van der Waals surface area contributed by atoms with Gasteiger partial charge in [-0.1, -0.05) is 11.3 Å². The summed E-state index contributed by atoms with van der Waals surface area (Å²) < 4.78 is 0. The topological polar surface area (TPSA) is 70.7 Å². The number of aromatic nitrogens is 3. The third-order valence-corrected chi connectivity index (χ3v) is 4.11. The largest absolute Gasteiger partial charge is 0.328 e. The number of aromatic amines is 1. The molecule has 2 heterocycles. The molecule has 1 aliphatic rings. The van der Waals surface area contributed by atoms with Crippen molar-refractivity contribution in [2.24, 2.45) is 0 Å². The van der Waals surface area contributed by atoms with E-state index in [9.17, 15) is 4.79 Å². The van der Waals surface area contributed by atoms with Crippen LogP contribution >= 0.6 is 11.3 Å². The molecule has 6 heteroatoms. The van der Waals surface area contributed by atoms with E-state index in [1.54, 1.807) is 23.6 Å². The van der Waals surface area contributed by atoms with Crippen molar-refractivity contribution in [3.05, 3.63) is 33.7 Å². The summed E-state index contributed by atoms with van der Waals surface area (Å²) in [6.07, 6.45) is 6.39. The van der Waals surface area contributed by atoms with Crippen LogP contribution in [0.15, 0.2) is 23.1 Å². The van der Waals surface area contributed by atoms with Crippen molar-refractivity contribution < 1.29 is 0 Å². The zero-order valence-corrected chi connectivity index (χ0v) is 11.4. The first-order valence-electron chi connectivity index (χ1n) is 6.56. The third-order valence-electron chi connectivity index (χ3n) is 3.08. The van der Waals surface area contributed by atoms with Crippen LogP contribution in [0.5, 0.6) is 0 Å². The molecule has 0 atom stereocenters. The van der Waals surface area contributed by atoms with Crippen LogP contribution in [0, 0.1) is 0 Å². The SMILES string of the molecule is O=c1ccc(-c2nnc(CCCNC3CC3)s2)c[nH]1. The van der Waals surface area contributed by atoms with E-state index in [4.69, 9.17) is 0 Å². The standard InChI is InChI=1S/C13H16N4OS/c18-11-6-3-9(8-15-11)13-17-16-12(19-13)2-1-7-14-10-4-5-10/h3,6,8,10,14H,1-2,4-5,7H2,(H,15,18). The number of rotatable bonds is 6. The molecule has 100 valence electrons. The fourth-order valence-electron chi connectivity index (χ4n) is 1.85. The molecule has 1 fully saturated rings. The number of aryl methyl sites for hydroxylation is 1. The molecule has 2 aromatic rings. The maximum atomic E-state index is 11.0. The minimum absolute atomic E-state index is 0.0976. The van der Waals surface area contributed by atoms with E-state index in [1.807, 2.05) is 0 Å². The predicted octanol–water partition coefficient (Wildman–Crippen LogP) is 1.58. The summed E-state index contributed by atoms with van der Waals surface area (Å²) in [4.78, 5) is 13.7. The lowest BCUT2D eigenvalue weighted by molar-refractivity contribution is 0.643. The zero-order chi connectivity index (χ0) is 13.1. The summed E-state index contributed by atoms with van der Waals surface area (Å²) in [6.45, 7) is 1.05. The molecular weight excluding hydrogens is 260 g/mol. The van der Waals surface area contributed by atoms with Gasteiger partial charge < -0.3 is 10.3 Å². The number of nitrogens with one attached hydrogen (secondary N) is 2. The Bertz CT molecular complexity index is 582. The van der Waals surface area contributed by atoms with Gasteiger partial charge in [-0.05, 0) is 31.9 Å². The van der Waals surface area contributed by atoms with E-state index in [0.717, 1.165) is 41.0 Å². The van der Waals surface area contributed by atoms with Crippen LogP contribution in [-0.2, 0) is 6.42 Å². The fourth-order valence-corrected chi connectivity index (χ4v) is 2.73. The Balaban J connectivity index is 1.55. The lowest BCUT2D eigenvalue weighted by atomic mass is 10.3. The second-order valence-electron chi connectivity index (χ2n) is 4.77. The molecule has 3 rings (SSSR count). The molecule has 0 saturated heterocycles. The van der Waals surface area contributed by atoms with Crippen molar-refractivity contribution in [3.8, 4) is 10.6 Å². The Morgan fingerprint density at radius 3 is 3.00 bits per heavy atom. The van der Waals surface area contributed by atoms with Crippen molar-refractivity contribution in [2.45, 2.75) is 31.7 Å². The Kier molecular flexibility index (Phi) is 3.70. The lowest BCUT2D eigenvalue weighted by Gasteiger charge is -1.99. The maximum absolute atomic E-state index is 11.0. The van der Waals surface area contributed by atoms with E-state index in [-0.39, 0.29) is 5.56 Å². The Labute approximate surface area is 115 Å². The van der Waals surface area contributed by atoms with Crippen LogP contribution in [0.1, 0.15) is 24.3 Å². The van der Waals surface area contributed by atoms with Gasteiger partial charge in [0, 0.05) is 30.3 Å². The van der Waals surface area contributed by atoms with Crippen LogP contribution in [0.2, 0.25) is 0 Å². The third kappa shape index (κ3) is 3.48. The molecule has 2 N–H and O–H groups in total. The minimum Gasteiger partial charge on any atom is -0.328 e. The molecule has 0 radical (unpaired) electrons. The van der Waals surface area contributed by atoms with Crippen LogP contribution in [0.25, 0.3) is 10.6 Å². The number of pyridine rings is 1. The molecule has 0 aliphatic heterocycles. The normalized spacial score (nSPS) is 14.7. The summed E-state index contributed by atoms with van der Waals surface area (Å²) >= 11 is 1.59. The molecular formula is C13H16N4OS. The van der Waals surface area contributed by atoms with Crippen molar-refractivity contribution in [1.82, 2.24) is 20.5 Å². The first-order chi connectivity index (χ1) is 9.31. The Morgan fingerprint density at radius 1 is 1.37 bits per heavy atom. The lowest BCUT2D eigenvalue weighted by Crippen LogP contribution is -2.17. The molecule has 2 aromatic heterocycles. The summed E-state index contributed by atoms with van der Waals surface area (Å²) in [5.41, 5.74) is 0.819. The van der Waals surface area contributed by atoms with E-state index >= 15 is 0 Å². The molecule has 1 aliphatic carbocycles. The van der Waals surface area contributed by atoms with Gasteiger partial charge in [0.2, 0.25) is 5.56 Å². The van der Waals surface area contributed by atoms with Crippen molar-refractivity contribution in [1.29, 1.82) is 0 Å². The first-order valence-corrected chi connectivity index (χ1v) is 7.38. The number of H-pyrrole nitrogens is 1. The first kappa shape index (κ1) is 12.5. The van der Waals surface area contributed by atoms with Gasteiger partial charge in [-0.3, -0.25) is 4.79 Å². The Morgan fingerprint density at radius 2 is 2.26 bits per heavy atom. The van der Waals surface area contributed by atoms with E-state index in [0.29, 0.717) is 0 Å². The monoisotopic (exact) mass is 276 g/mol. The second-order valence-corrected chi connectivity index (χ2v) is 5.84. The van der Waals surface area contributed by atoms with Crippen molar-refractivity contribution in [3.63, 3.8) is 0 Å². The molecule has 19 heavy (non-hydrogen) atoms.